The largest absolute Gasteiger partial charge is 0.324 e. The number of halogens is 1. The molecule has 0 spiro atoms. The van der Waals surface area contributed by atoms with Crippen molar-refractivity contribution in [3.8, 4) is 0 Å². The number of allylic oxidation sites excluding steroid dienone is 2. The van der Waals surface area contributed by atoms with Gasteiger partial charge in [0.25, 0.3) is 0 Å². The Morgan fingerprint density at radius 3 is 2.72 bits per heavy atom. The van der Waals surface area contributed by atoms with E-state index in [1.165, 1.54) is 18.1 Å². The minimum absolute atomic E-state index is 0.345. The van der Waals surface area contributed by atoms with Gasteiger partial charge in [-0.2, -0.15) is 5.10 Å². The first-order valence-corrected chi connectivity index (χ1v) is 8.53. The summed E-state index contributed by atoms with van der Waals surface area (Å²) in [6.07, 6.45) is 6.62. The highest BCUT2D eigenvalue weighted by Gasteiger charge is 2.20. The Morgan fingerprint density at radius 2 is 2.04 bits per heavy atom. The molecule has 2 N–H and O–H groups in total. The molecule has 6 heteroatoms. The number of benzene rings is 1. The highest BCUT2D eigenvalue weighted by atomic mass is 19.1. The fourth-order valence-corrected chi connectivity index (χ4v) is 3.19. The standard InChI is InChI=1S/C19H23FN4O/c1-12-9-10-15(11-16(12)20)21-19(25)22-18-17(13(2)23-24(18)3)14-7-5-4-6-8-14/h7,9-11H,4-6,8H2,1-3H3,(H2,21,22,25). The van der Waals surface area contributed by atoms with E-state index in [1.807, 2.05) is 6.92 Å². The van der Waals surface area contributed by atoms with Crippen LogP contribution in [0.1, 0.15) is 42.5 Å². The molecule has 2 aromatic rings. The average Bonchev–Trinajstić information content (AvgIpc) is 2.85. The highest BCUT2D eigenvalue weighted by Crippen LogP contribution is 2.33. The molecule has 1 aromatic heterocycles. The van der Waals surface area contributed by atoms with Crippen LogP contribution in [0.4, 0.5) is 20.7 Å². The van der Waals surface area contributed by atoms with Crippen LogP contribution in [0.3, 0.4) is 0 Å². The molecule has 0 aliphatic heterocycles. The number of carbonyl (C=O) groups excluding carboxylic acids is 1. The van der Waals surface area contributed by atoms with Crippen molar-refractivity contribution in [1.29, 1.82) is 0 Å². The van der Waals surface area contributed by atoms with Crippen molar-refractivity contribution in [3.05, 3.63) is 46.9 Å². The number of hydrogen-bond donors (Lipinski definition) is 2. The molecule has 0 atom stereocenters. The fraction of sp³-hybridized carbons (Fsp3) is 0.368. The Labute approximate surface area is 146 Å². The summed E-state index contributed by atoms with van der Waals surface area (Å²) in [6.45, 7) is 3.63. The minimum atomic E-state index is -0.413. The quantitative estimate of drug-likeness (QED) is 0.843. The summed E-state index contributed by atoms with van der Waals surface area (Å²) >= 11 is 0. The molecule has 0 radical (unpaired) electrons. The summed E-state index contributed by atoms with van der Waals surface area (Å²) in [6, 6.07) is 4.21. The highest BCUT2D eigenvalue weighted by molar-refractivity contribution is 6.01. The van der Waals surface area contributed by atoms with E-state index < -0.39 is 6.03 Å². The molecule has 0 saturated heterocycles. The number of anilines is 2. The molecule has 1 aliphatic carbocycles. The topological polar surface area (TPSA) is 59.0 Å². The predicted molar refractivity (Wildman–Crippen MR) is 98.2 cm³/mol. The summed E-state index contributed by atoms with van der Waals surface area (Å²) in [5, 5.41) is 9.99. The van der Waals surface area contributed by atoms with Crippen LogP contribution in [0, 0.1) is 19.7 Å². The number of nitrogens with zero attached hydrogens (tertiary/aromatic N) is 2. The van der Waals surface area contributed by atoms with Crippen LogP contribution in [0.5, 0.6) is 0 Å². The second kappa shape index (κ2) is 7.09. The van der Waals surface area contributed by atoms with Crippen LogP contribution in [-0.4, -0.2) is 15.8 Å². The molecule has 25 heavy (non-hydrogen) atoms. The van der Waals surface area contributed by atoms with Gasteiger partial charge in [0.15, 0.2) is 0 Å². The molecule has 2 amide bonds. The first kappa shape index (κ1) is 17.2. The van der Waals surface area contributed by atoms with Crippen molar-refractivity contribution in [2.45, 2.75) is 39.5 Å². The molecule has 132 valence electrons. The lowest BCUT2D eigenvalue weighted by atomic mass is 9.93. The minimum Gasteiger partial charge on any atom is -0.308 e. The Kier molecular flexibility index (Phi) is 4.88. The van der Waals surface area contributed by atoms with Gasteiger partial charge in [-0.1, -0.05) is 12.1 Å². The second-order valence-electron chi connectivity index (χ2n) is 6.45. The Balaban J connectivity index is 1.81. The summed E-state index contributed by atoms with van der Waals surface area (Å²) in [5.74, 6) is 0.318. The number of rotatable bonds is 3. The van der Waals surface area contributed by atoms with Crippen molar-refractivity contribution < 1.29 is 9.18 Å². The molecule has 1 aliphatic rings. The summed E-state index contributed by atoms with van der Waals surface area (Å²) in [4.78, 5) is 12.4. The first-order chi connectivity index (χ1) is 12.0. The Morgan fingerprint density at radius 1 is 1.24 bits per heavy atom. The third kappa shape index (κ3) is 3.73. The molecule has 0 bridgehead atoms. The van der Waals surface area contributed by atoms with E-state index in [1.54, 1.807) is 30.8 Å². The van der Waals surface area contributed by atoms with Gasteiger partial charge in [0, 0.05) is 18.3 Å². The molecular formula is C19H23FN4O. The smallest absolute Gasteiger partial charge is 0.308 e. The number of hydrogen-bond acceptors (Lipinski definition) is 2. The number of urea groups is 1. The maximum absolute atomic E-state index is 13.6. The van der Waals surface area contributed by atoms with Gasteiger partial charge in [0.05, 0.1) is 5.69 Å². The van der Waals surface area contributed by atoms with E-state index >= 15 is 0 Å². The zero-order valence-corrected chi connectivity index (χ0v) is 14.8. The van der Waals surface area contributed by atoms with Crippen molar-refractivity contribution in [2.24, 2.45) is 7.05 Å². The zero-order chi connectivity index (χ0) is 18.0. The van der Waals surface area contributed by atoms with Gasteiger partial charge in [-0.05, 0) is 62.8 Å². The van der Waals surface area contributed by atoms with Gasteiger partial charge in [-0.15, -0.1) is 0 Å². The van der Waals surface area contributed by atoms with E-state index in [4.69, 9.17) is 0 Å². The van der Waals surface area contributed by atoms with Crippen LogP contribution >= 0.6 is 0 Å². The Hall–Kier alpha value is -2.63. The van der Waals surface area contributed by atoms with Crippen LogP contribution in [0.2, 0.25) is 0 Å². The number of amides is 2. The van der Waals surface area contributed by atoms with E-state index in [-0.39, 0.29) is 5.82 Å². The predicted octanol–water partition coefficient (Wildman–Crippen LogP) is 4.78. The lowest BCUT2D eigenvalue weighted by molar-refractivity contribution is 0.262. The lowest BCUT2D eigenvalue weighted by Gasteiger charge is -2.15. The zero-order valence-electron chi connectivity index (χ0n) is 14.8. The van der Waals surface area contributed by atoms with Gasteiger partial charge in [0.2, 0.25) is 0 Å². The molecule has 1 aromatic carbocycles. The van der Waals surface area contributed by atoms with Crippen molar-refractivity contribution in [1.82, 2.24) is 9.78 Å². The van der Waals surface area contributed by atoms with Gasteiger partial charge >= 0.3 is 6.03 Å². The van der Waals surface area contributed by atoms with Gasteiger partial charge < -0.3 is 5.32 Å². The fourth-order valence-electron chi connectivity index (χ4n) is 3.19. The SMILES string of the molecule is Cc1ccc(NC(=O)Nc2c(C3=CCCCC3)c(C)nn2C)cc1F. The molecule has 0 fully saturated rings. The number of aryl methyl sites for hydroxylation is 3. The summed E-state index contributed by atoms with van der Waals surface area (Å²) in [7, 11) is 1.81. The first-order valence-electron chi connectivity index (χ1n) is 8.53. The van der Waals surface area contributed by atoms with Crippen LogP contribution in [0.25, 0.3) is 5.57 Å². The molecule has 0 saturated carbocycles. The molecule has 1 heterocycles. The van der Waals surface area contributed by atoms with Crippen molar-refractivity contribution >= 4 is 23.1 Å². The second-order valence-corrected chi connectivity index (χ2v) is 6.45. The van der Waals surface area contributed by atoms with E-state index in [0.717, 1.165) is 30.5 Å². The van der Waals surface area contributed by atoms with E-state index in [9.17, 15) is 9.18 Å². The number of aromatic nitrogens is 2. The van der Waals surface area contributed by atoms with Crippen LogP contribution in [-0.2, 0) is 7.05 Å². The van der Waals surface area contributed by atoms with Crippen molar-refractivity contribution in [2.75, 3.05) is 10.6 Å². The monoisotopic (exact) mass is 342 g/mol. The Bertz CT molecular complexity index is 838. The lowest BCUT2D eigenvalue weighted by Crippen LogP contribution is -2.22. The summed E-state index contributed by atoms with van der Waals surface area (Å²) in [5.41, 5.74) is 4.07. The average molecular weight is 342 g/mol. The van der Waals surface area contributed by atoms with Crippen LogP contribution in [0.15, 0.2) is 24.3 Å². The van der Waals surface area contributed by atoms with Crippen molar-refractivity contribution in [3.63, 3.8) is 0 Å². The number of nitrogens with one attached hydrogen (secondary N) is 2. The molecule has 0 unspecified atom stereocenters. The van der Waals surface area contributed by atoms with E-state index in [0.29, 0.717) is 17.1 Å². The van der Waals surface area contributed by atoms with Crippen LogP contribution < -0.4 is 10.6 Å². The van der Waals surface area contributed by atoms with E-state index in [2.05, 4.69) is 21.8 Å². The van der Waals surface area contributed by atoms with Gasteiger partial charge in [0.1, 0.15) is 11.6 Å². The van der Waals surface area contributed by atoms with Gasteiger partial charge in [-0.3, -0.25) is 10.00 Å². The third-order valence-corrected chi connectivity index (χ3v) is 4.50. The number of carbonyl (C=O) groups is 1. The maximum Gasteiger partial charge on any atom is 0.324 e. The summed E-state index contributed by atoms with van der Waals surface area (Å²) < 4.78 is 15.3. The van der Waals surface area contributed by atoms with Gasteiger partial charge in [-0.25, -0.2) is 9.18 Å². The molecular weight excluding hydrogens is 319 g/mol. The maximum atomic E-state index is 13.6. The normalized spacial score (nSPS) is 14.2. The third-order valence-electron chi connectivity index (χ3n) is 4.50. The molecule has 3 rings (SSSR count). The molecule has 5 nitrogen and oxygen atoms in total.